The minimum absolute atomic E-state index is 0.0176. The molecule has 1 amide bonds. The van der Waals surface area contributed by atoms with Gasteiger partial charge in [-0.3, -0.25) is 19.8 Å². The Morgan fingerprint density at radius 3 is 2.23 bits per heavy atom. The predicted octanol–water partition coefficient (Wildman–Crippen LogP) is 9.25. The topological polar surface area (TPSA) is 137 Å². The van der Waals surface area contributed by atoms with Crippen LogP contribution in [0.15, 0.2) is 131 Å². The quantitative estimate of drug-likeness (QED) is 0.0444. The first-order chi connectivity index (χ1) is 29.2. The van der Waals surface area contributed by atoms with Crippen LogP contribution in [0.2, 0.25) is 5.02 Å². The van der Waals surface area contributed by atoms with Gasteiger partial charge in [0.15, 0.2) is 0 Å². The van der Waals surface area contributed by atoms with Gasteiger partial charge in [0, 0.05) is 71.8 Å². The lowest BCUT2D eigenvalue weighted by Gasteiger charge is -2.36. The van der Waals surface area contributed by atoms with Crippen molar-refractivity contribution in [3.8, 4) is 11.1 Å². The van der Waals surface area contributed by atoms with Gasteiger partial charge in [-0.25, -0.2) is 13.1 Å². The van der Waals surface area contributed by atoms with Crippen LogP contribution < -0.4 is 20.3 Å². The van der Waals surface area contributed by atoms with Gasteiger partial charge >= 0.3 is 6.18 Å². The van der Waals surface area contributed by atoms with Gasteiger partial charge in [-0.2, -0.15) is 13.2 Å². The molecule has 61 heavy (non-hydrogen) atoms. The molecule has 2 atom stereocenters. The van der Waals surface area contributed by atoms with Crippen LogP contribution in [0.25, 0.3) is 11.1 Å². The van der Waals surface area contributed by atoms with E-state index in [0.29, 0.717) is 10.8 Å². The molecule has 6 rings (SSSR count). The van der Waals surface area contributed by atoms with E-state index < -0.39 is 49.7 Å². The van der Waals surface area contributed by atoms with Crippen LogP contribution in [0.4, 0.5) is 30.2 Å². The molecule has 1 aliphatic rings. The molecule has 5 aromatic rings. The van der Waals surface area contributed by atoms with Crippen molar-refractivity contribution in [3.05, 3.63) is 148 Å². The van der Waals surface area contributed by atoms with E-state index in [1.807, 2.05) is 71.5 Å². The van der Waals surface area contributed by atoms with Crippen molar-refractivity contribution in [3.63, 3.8) is 0 Å². The van der Waals surface area contributed by atoms with Gasteiger partial charge in [0.25, 0.3) is 21.6 Å². The fourth-order valence-corrected chi connectivity index (χ4v) is 9.16. The third-order valence-corrected chi connectivity index (χ3v) is 13.1. The first-order valence-corrected chi connectivity index (χ1v) is 22.6. The van der Waals surface area contributed by atoms with E-state index in [1.54, 1.807) is 12.1 Å². The van der Waals surface area contributed by atoms with Crippen molar-refractivity contribution in [1.29, 1.82) is 0 Å². The Balaban J connectivity index is 1.07. The first kappa shape index (κ1) is 45.4. The van der Waals surface area contributed by atoms with Gasteiger partial charge in [-0.15, -0.1) is 11.8 Å². The van der Waals surface area contributed by atoms with Crippen molar-refractivity contribution in [1.82, 2.24) is 14.9 Å². The van der Waals surface area contributed by atoms with Crippen LogP contribution in [0, 0.1) is 10.1 Å². The zero-order valence-corrected chi connectivity index (χ0v) is 35.7. The number of carbonyl (C=O) groups excluding carboxylic acids is 1. The standard InChI is InChI=1S/C44H46ClF3N6O5S2/c1-2-42(44(46,47)48)49-23-22-35(30-60-37-9-4-3-5-10-37)50-40-21-20-38(28-41(40)54(56)57)61(58,59)51-43(55)32-14-18-36(19-15-32)53-26-24-52(25-27-53)29-33-8-6-7-11-39(33)31-12-16-34(45)17-13-31/h3-21,28,35,42,49-50H,2,22-27,29-30H2,1H3,(H,51,55)/t35-,42?/m1/s1. The van der Waals surface area contributed by atoms with Crippen molar-refractivity contribution in [2.45, 2.75) is 54.4 Å². The van der Waals surface area contributed by atoms with Crippen LogP contribution in [0.5, 0.6) is 0 Å². The number of nitrogens with zero attached hydrogens (tertiary/aromatic N) is 3. The first-order valence-electron chi connectivity index (χ1n) is 19.7. The highest BCUT2D eigenvalue weighted by Crippen LogP contribution is 2.31. The van der Waals surface area contributed by atoms with E-state index in [2.05, 4.69) is 32.6 Å². The summed E-state index contributed by atoms with van der Waals surface area (Å²) in [5.74, 6) is -0.562. The van der Waals surface area contributed by atoms with Crippen LogP contribution in [-0.2, 0) is 16.6 Å². The Bertz CT molecular complexity index is 2370. The molecule has 0 aromatic heterocycles. The maximum atomic E-state index is 13.4. The lowest BCUT2D eigenvalue weighted by atomic mass is 9.99. The molecular weight excluding hydrogens is 849 g/mol. The molecule has 1 aliphatic heterocycles. The van der Waals surface area contributed by atoms with Gasteiger partial charge in [0.05, 0.1) is 9.82 Å². The molecule has 0 aliphatic carbocycles. The summed E-state index contributed by atoms with van der Waals surface area (Å²) in [5.41, 5.74) is 3.84. The zero-order chi connectivity index (χ0) is 43.6. The number of hydrogen-bond donors (Lipinski definition) is 3. The smallest absolute Gasteiger partial charge is 0.376 e. The number of sulfonamides is 1. The summed E-state index contributed by atoms with van der Waals surface area (Å²) in [7, 11) is -4.56. The maximum absolute atomic E-state index is 13.4. The summed E-state index contributed by atoms with van der Waals surface area (Å²) in [6.45, 7) is 5.28. The molecule has 0 spiro atoms. The molecule has 11 nitrogen and oxygen atoms in total. The summed E-state index contributed by atoms with van der Waals surface area (Å²) in [4.78, 5) is 29.6. The highest BCUT2D eigenvalue weighted by molar-refractivity contribution is 7.99. The van der Waals surface area contributed by atoms with E-state index in [-0.39, 0.29) is 30.6 Å². The van der Waals surface area contributed by atoms with Crippen molar-refractivity contribution < 1.29 is 31.3 Å². The predicted molar refractivity (Wildman–Crippen MR) is 236 cm³/mol. The van der Waals surface area contributed by atoms with Crippen LogP contribution in [0.1, 0.15) is 35.7 Å². The zero-order valence-electron chi connectivity index (χ0n) is 33.3. The Morgan fingerprint density at radius 1 is 0.902 bits per heavy atom. The molecule has 322 valence electrons. The Morgan fingerprint density at radius 2 is 1.57 bits per heavy atom. The van der Waals surface area contributed by atoms with E-state index in [0.717, 1.165) is 66.6 Å². The van der Waals surface area contributed by atoms with Crippen molar-refractivity contribution in [2.75, 3.05) is 48.7 Å². The minimum Gasteiger partial charge on any atom is -0.376 e. The molecule has 1 saturated heterocycles. The Hall–Kier alpha value is -5.13. The molecule has 1 heterocycles. The average molecular weight is 895 g/mol. The molecule has 0 saturated carbocycles. The number of nitro groups is 1. The minimum atomic E-state index is -4.56. The Labute approximate surface area is 362 Å². The summed E-state index contributed by atoms with van der Waals surface area (Å²) in [5, 5.41) is 18.5. The fourth-order valence-electron chi connectivity index (χ4n) is 7.04. The number of thioether (sulfide) groups is 1. The summed E-state index contributed by atoms with van der Waals surface area (Å²) in [6, 6.07) is 32.9. The number of carbonyl (C=O) groups is 1. The number of rotatable bonds is 18. The molecule has 0 radical (unpaired) electrons. The molecule has 3 N–H and O–H groups in total. The fraction of sp³-hybridized carbons (Fsp3) is 0.295. The van der Waals surface area contributed by atoms with E-state index in [1.165, 1.54) is 42.4 Å². The van der Waals surface area contributed by atoms with Crippen molar-refractivity contribution >= 4 is 56.4 Å². The van der Waals surface area contributed by atoms with Crippen LogP contribution in [0.3, 0.4) is 0 Å². The lowest BCUT2D eigenvalue weighted by molar-refractivity contribution is -0.384. The number of benzene rings is 5. The number of nitro benzene ring substituents is 1. The van der Waals surface area contributed by atoms with E-state index >= 15 is 0 Å². The van der Waals surface area contributed by atoms with Gasteiger partial charge in [0.2, 0.25) is 0 Å². The normalized spacial score (nSPS) is 14.6. The number of hydrogen-bond acceptors (Lipinski definition) is 10. The third kappa shape index (κ3) is 12.5. The largest absolute Gasteiger partial charge is 0.403 e. The summed E-state index contributed by atoms with van der Waals surface area (Å²) >= 11 is 7.53. The molecule has 17 heteroatoms. The van der Waals surface area contributed by atoms with Gasteiger partial charge in [-0.05, 0) is 96.7 Å². The van der Waals surface area contributed by atoms with Gasteiger partial charge in [-0.1, -0.05) is 73.1 Å². The highest BCUT2D eigenvalue weighted by atomic mass is 35.5. The second kappa shape index (κ2) is 20.6. The molecule has 1 unspecified atom stereocenters. The maximum Gasteiger partial charge on any atom is 0.403 e. The number of piperazine rings is 1. The SMILES string of the molecule is CCC(NCC[C@H](CSc1ccccc1)Nc1ccc(S(=O)(=O)NC(=O)c2ccc(N3CCN(Cc4ccccc4-c4ccc(Cl)cc4)CC3)cc2)cc1[N+](=O)[O-])C(F)(F)F. The molecule has 5 aromatic carbocycles. The molecular formula is C44H46ClF3N6O5S2. The van der Waals surface area contributed by atoms with Crippen molar-refractivity contribution in [2.24, 2.45) is 0 Å². The third-order valence-electron chi connectivity index (χ3n) is 10.4. The average Bonchev–Trinajstić information content (AvgIpc) is 3.25. The van der Waals surface area contributed by atoms with E-state index in [9.17, 15) is 36.5 Å². The Kier molecular flexibility index (Phi) is 15.3. The number of amides is 1. The van der Waals surface area contributed by atoms with Gasteiger partial charge < -0.3 is 15.5 Å². The summed E-state index contributed by atoms with van der Waals surface area (Å²) < 4.78 is 68.9. The van der Waals surface area contributed by atoms with Gasteiger partial charge in [0.1, 0.15) is 11.7 Å². The number of nitrogens with one attached hydrogen (secondary N) is 3. The summed E-state index contributed by atoms with van der Waals surface area (Å²) in [6.07, 6.45) is -4.41. The lowest BCUT2D eigenvalue weighted by Crippen LogP contribution is -2.46. The van der Waals surface area contributed by atoms with Crippen LogP contribution >= 0.6 is 23.4 Å². The molecule has 0 bridgehead atoms. The number of anilines is 2. The van der Waals surface area contributed by atoms with E-state index in [4.69, 9.17) is 11.6 Å². The van der Waals surface area contributed by atoms with Crippen LogP contribution in [-0.4, -0.2) is 80.9 Å². The number of alkyl halides is 3. The molecule has 1 fully saturated rings. The highest BCUT2D eigenvalue weighted by Gasteiger charge is 2.37. The monoisotopic (exact) mass is 894 g/mol. The second-order valence-electron chi connectivity index (χ2n) is 14.6. The number of halogens is 4. The second-order valence-corrected chi connectivity index (χ2v) is 17.8.